The van der Waals surface area contributed by atoms with Gasteiger partial charge in [0.2, 0.25) is 0 Å². The topological polar surface area (TPSA) is 60.2 Å². The molecule has 0 amide bonds. The smallest absolute Gasteiger partial charge is 0.138 e. The number of pyridine rings is 1. The number of hydrogen-bond acceptors (Lipinski definition) is 4. The molecule has 2 aromatic rings. The molecule has 0 spiro atoms. The molecule has 0 aliphatic carbocycles. The van der Waals surface area contributed by atoms with Crippen LogP contribution in [0.3, 0.4) is 0 Å². The summed E-state index contributed by atoms with van der Waals surface area (Å²) in [4.78, 5) is 4.18. The van der Waals surface area contributed by atoms with Crippen LogP contribution in [0.25, 0.3) is 0 Å². The molecule has 1 atom stereocenters. The number of nitrogens with zero attached hydrogens (tertiary/aromatic N) is 1. The first kappa shape index (κ1) is 15.4. The number of rotatable bonds is 5. The molecule has 2 rings (SSSR count). The van der Waals surface area contributed by atoms with Gasteiger partial charge in [0.15, 0.2) is 0 Å². The van der Waals surface area contributed by atoms with E-state index in [-0.39, 0.29) is 18.0 Å². The highest BCUT2D eigenvalue weighted by Crippen LogP contribution is 2.26. The predicted octanol–water partition coefficient (Wildman–Crippen LogP) is 2.87. The van der Waals surface area contributed by atoms with Crippen LogP contribution in [0.15, 0.2) is 36.7 Å². The van der Waals surface area contributed by atoms with Crippen LogP contribution in [0.4, 0.5) is 4.39 Å². The first-order valence-corrected chi connectivity index (χ1v) is 6.85. The Hall–Kier alpha value is -1.98. The zero-order valence-corrected chi connectivity index (χ0v) is 12.4. The number of benzene rings is 1. The second-order valence-corrected chi connectivity index (χ2v) is 5.22. The van der Waals surface area contributed by atoms with Crippen LogP contribution in [-0.4, -0.2) is 11.1 Å². The summed E-state index contributed by atoms with van der Waals surface area (Å²) in [7, 11) is 0. The van der Waals surface area contributed by atoms with Gasteiger partial charge >= 0.3 is 0 Å². The molecule has 0 radical (unpaired) electrons. The lowest BCUT2D eigenvalue weighted by Gasteiger charge is -2.20. The van der Waals surface area contributed by atoms with Crippen molar-refractivity contribution in [3.05, 3.63) is 59.2 Å². The van der Waals surface area contributed by atoms with E-state index in [0.717, 1.165) is 16.7 Å². The van der Waals surface area contributed by atoms with E-state index in [2.05, 4.69) is 10.4 Å². The summed E-state index contributed by atoms with van der Waals surface area (Å²) >= 11 is 0. The Morgan fingerprint density at radius 2 is 2.00 bits per heavy atom. The van der Waals surface area contributed by atoms with Gasteiger partial charge in [0.1, 0.15) is 11.6 Å². The minimum atomic E-state index is -0.270. The molecule has 4 nitrogen and oxygen atoms in total. The third-order valence-corrected chi connectivity index (χ3v) is 3.15. The molecule has 5 heteroatoms. The lowest BCUT2D eigenvalue weighted by atomic mass is 9.96. The molecule has 3 N–H and O–H groups in total. The summed E-state index contributed by atoms with van der Waals surface area (Å²) in [6.07, 6.45) is 3.45. The zero-order valence-electron chi connectivity index (χ0n) is 12.4. The van der Waals surface area contributed by atoms with E-state index in [9.17, 15) is 4.39 Å². The van der Waals surface area contributed by atoms with Gasteiger partial charge in [-0.15, -0.1) is 0 Å². The second kappa shape index (κ2) is 6.65. The maximum atomic E-state index is 13.2. The predicted molar refractivity (Wildman–Crippen MR) is 80.3 cm³/mol. The van der Waals surface area contributed by atoms with Gasteiger partial charge in [-0.05, 0) is 55.7 Å². The molecule has 1 heterocycles. The number of hydrazine groups is 1. The quantitative estimate of drug-likeness (QED) is 0.656. The molecule has 1 aromatic heterocycles. The Morgan fingerprint density at radius 3 is 2.62 bits per heavy atom. The summed E-state index contributed by atoms with van der Waals surface area (Å²) in [6.45, 7) is 5.76. The van der Waals surface area contributed by atoms with E-state index in [1.165, 1.54) is 12.1 Å². The monoisotopic (exact) mass is 289 g/mol. The van der Waals surface area contributed by atoms with Gasteiger partial charge in [0.25, 0.3) is 0 Å². The number of halogens is 1. The van der Waals surface area contributed by atoms with Gasteiger partial charge in [-0.1, -0.05) is 6.07 Å². The Bertz CT molecular complexity index is 616. The van der Waals surface area contributed by atoms with Crippen LogP contribution in [0, 0.1) is 12.7 Å². The highest BCUT2D eigenvalue weighted by molar-refractivity contribution is 5.38. The first-order chi connectivity index (χ1) is 10.0. The van der Waals surface area contributed by atoms with Crippen LogP contribution in [0.5, 0.6) is 5.75 Å². The standard InChI is InChI=1S/C16H20FN3O/c1-10(2)21-14-7-12(8-19-9-14)16(20-18)15-5-4-13(17)6-11(15)3/h4-10,16,20H,18H2,1-3H3. The van der Waals surface area contributed by atoms with E-state index >= 15 is 0 Å². The Labute approximate surface area is 124 Å². The number of aryl methyl sites for hydroxylation is 1. The van der Waals surface area contributed by atoms with Crippen molar-refractivity contribution in [2.75, 3.05) is 0 Å². The highest BCUT2D eigenvalue weighted by Gasteiger charge is 2.16. The maximum absolute atomic E-state index is 13.2. The normalized spacial score (nSPS) is 12.5. The Balaban J connectivity index is 2.37. The van der Waals surface area contributed by atoms with E-state index < -0.39 is 0 Å². The van der Waals surface area contributed by atoms with Gasteiger partial charge in [-0.3, -0.25) is 10.8 Å². The van der Waals surface area contributed by atoms with Crippen LogP contribution >= 0.6 is 0 Å². The second-order valence-electron chi connectivity index (χ2n) is 5.22. The van der Waals surface area contributed by atoms with Crippen LogP contribution in [0.2, 0.25) is 0 Å². The zero-order chi connectivity index (χ0) is 15.4. The molecule has 0 saturated carbocycles. The first-order valence-electron chi connectivity index (χ1n) is 6.85. The molecule has 0 fully saturated rings. The van der Waals surface area contributed by atoms with Gasteiger partial charge in [-0.2, -0.15) is 0 Å². The fourth-order valence-corrected chi connectivity index (χ4v) is 2.26. The molecule has 1 unspecified atom stereocenters. The molecular weight excluding hydrogens is 269 g/mol. The molecule has 1 aromatic carbocycles. The van der Waals surface area contributed by atoms with E-state index in [4.69, 9.17) is 10.6 Å². The summed E-state index contributed by atoms with van der Waals surface area (Å²) in [5, 5.41) is 0. The Kier molecular flexibility index (Phi) is 4.88. The van der Waals surface area contributed by atoms with Crippen molar-refractivity contribution < 1.29 is 9.13 Å². The SMILES string of the molecule is Cc1cc(F)ccc1C(NN)c1cncc(OC(C)C)c1. The van der Waals surface area contributed by atoms with Gasteiger partial charge in [0, 0.05) is 6.20 Å². The van der Waals surface area contributed by atoms with Gasteiger partial charge in [0.05, 0.1) is 18.3 Å². The molecule has 0 aliphatic heterocycles. The average Bonchev–Trinajstić information content (AvgIpc) is 2.41. The molecular formula is C16H20FN3O. The van der Waals surface area contributed by atoms with Crippen molar-refractivity contribution in [2.45, 2.75) is 32.9 Å². The number of hydrogen-bond donors (Lipinski definition) is 2. The number of nitrogens with two attached hydrogens (primary N) is 1. The highest BCUT2D eigenvalue weighted by atomic mass is 19.1. The number of aromatic nitrogens is 1. The molecule has 0 bridgehead atoms. The summed E-state index contributed by atoms with van der Waals surface area (Å²) in [5.74, 6) is 6.10. The Morgan fingerprint density at radius 1 is 1.24 bits per heavy atom. The van der Waals surface area contributed by atoms with E-state index in [1.54, 1.807) is 18.5 Å². The fraction of sp³-hybridized carbons (Fsp3) is 0.312. The third kappa shape index (κ3) is 3.77. The van der Waals surface area contributed by atoms with Crippen molar-refractivity contribution in [3.63, 3.8) is 0 Å². The van der Waals surface area contributed by atoms with E-state index in [1.807, 2.05) is 26.8 Å². The number of nitrogens with one attached hydrogen (secondary N) is 1. The lowest BCUT2D eigenvalue weighted by Crippen LogP contribution is -2.29. The average molecular weight is 289 g/mol. The van der Waals surface area contributed by atoms with Crippen molar-refractivity contribution in [1.29, 1.82) is 0 Å². The molecule has 112 valence electrons. The van der Waals surface area contributed by atoms with Gasteiger partial charge in [-0.25, -0.2) is 9.82 Å². The number of ether oxygens (including phenoxy) is 1. The van der Waals surface area contributed by atoms with Crippen LogP contribution < -0.4 is 16.0 Å². The molecule has 0 aliphatic rings. The molecule has 21 heavy (non-hydrogen) atoms. The van der Waals surface area contributed by atoms with Crippen molar-refractivity contribution in [3.8, 4) is 5.75 Å². The van der Waals surface area contributed by atoms with Crippen molar-refractivity contribution >= 4 is 0 Å². The molecule has 0 saturated heterocycles. The van der Waals surface area contributed by atoms with E-state index in [0.29, 0.717) is 5.75 Å². The summed E-state index contributed by atoms with van der Waals surface area (Å²) in [6, 6.07) is 6.26. The van der Waals surface area contributed by atoms with Crippen molar-refractivity contribution in [1.82, 2.24) is 10.4 Å². The maximum Gasteiger partial charge on any atom is 0.138 e. The lowest BCUT2D eigenvalue weighted by molar-refractivity contribution is 0.241. The van der Waals surface area contributed by atoms with Crippen LogP contribution in [0.1, 0.15) is 36.6 Å². The summed E-state index contributed by atoms with van der Waals surface area (Å²) in [5.41, 5.74) is 5.36. The minimum absolute atomic E-state index is 0.0684. The van der Waals surface area contributed by atoms with Gasteiger partial charge < -0.3 is 4.74 Å². The fourth-order valence-electron chi connectivity index (χ4n) is 2.26. The largest absolute Gasteiger partial charge is 0.489 e. The van der Waals surface area contributed by atoms with Crippen LogP contribution in [-0.2, 0) is 0 Å². The van der Waals surface area contributed by atoms with Crippen molar-refractivity contribution in [2.24, 2.45) is 5.84 Å². The summed E-state index contributed by atoms with van der Waals surface area (Å²) < 4.78 is 18.9. The minimum Gasteiger partial charge on any atom is -0.489 e. The third-order valence-electron chi connectivity index (χ3n) is 3.15.